The second kappa shape index (κ2) is 7.82. The minimum absolute atomic E-state index is 0.120. The molecule has 1 aromatic carbocycles. The Morgan fingerprint density at radius 3 is 2.78 bits per heavy atom. The highest BCUT2D eigenvalue weighted by atomic mass is 16.5. The Balaban J connectivity index is 1.68. The van der Waals surface area contributed by atoms with Crippen molar-refractivity contribution in [2.45, 2.75) is 44.6 Å². The fraction of sp³-hybridized carbons (Fsp3) is 0.632. The zero-order valence-corrected chi connectivity index (χ0v) is 14.1. The molecule has 1 aromatic rings. The van der Waals surface area contributed by atoms with Gasteiger partial charge < -0.3 is 15.0 Å². The van der Waals surface area contributed by atoms with Crippen molar-refractivity contribution in [2.75, 3.05) is 26.7 Å². The van der Waals surface area contributed by atoms with Crippen molar-refractivity contribution >= 4 is 5.91 Å². The fourth-order valence-corrected chi connectivity index (χ4v) is 3.75. The molecule has 0 spiro atoms. The maximum Gasteiger partial charge on any atom is 0.257 e. The summed E-state index contributed by atoms with van der Waals surface area (Å²) in [6.07, 6.45) is 7.34. The van der Waals surface area contributed by atoms with Crippen LogP contribution in [0.15, 0.2) is 24.3 Å². The van der Waals surface area contributed by atoms with Gasteiger partial charge >= 0.3 is 0 Å². The first-order chi connectivity index (χ1) is 11.3. The van der Waals surface area contributed by atoms with E-state index in [1.807, 2.05) is 36.2 Å². The minimum atomic E-state index is 0.120. The molecule has 1 aliphatic carbocycles. The van der Waals surface area contributed by atoms with E-state index >= 15 is 0 Å². The molecular formula is C19H28N2O2. The standard InChI is InChI=1S/C19H28N2O2/c1-20-13-15-11-12-21(14-15)19(22)17-9-5-6-10-18(17)23-16-7-3-2-4-8-16/h5-6,9-10,15-16,20H,2-4,7-8,11-14H2,1H3. The zero-order chi connectivity index (χ0) is 16.1. The first-order valence-corrected chi connectivity index (χ1v) is 8.97. The Kier molecular flexibility index (Phi) is 5.55. The minimum Gasteiger partial charge on any atom is -0.490 e. The average Bonchev–Trinajstić information content (AvgIpc) is 3.05. The fourth-order valence-electron chi connectivity index (χ4n) is 3.75. The molecule has 126 valence electrons. The molecular weight excluding hydrogens is 288 g/mol. The van der Waals surface area contributed by atoms with E-state index in [4.69, 9.17) is 4.74 Å². The summed E-state index contributed by atoms with van der Waals surface area (Å²) >= 11 is 0. The number of ether oxygens (including phenoxy) is 1. The summed E-state index contributed by atoms with van der Waals surface area (Å²) in [5.74, 6) is 1.45. The number of rotatable bonds is 5. The van der Waals surface area contributed by atoms with Crippen LogP contribution in [0.4, 0.5) is 0 Å². The maximum atomic E-state index is 12.9. The van der Waals surface area contributed by atoms with Gasteiger partial charge in [-0.1, -0.05) is 18.6 Å². The van der Waals surface area contributed by atoms with Gasteiger partial charge in [-0.05, 0) is 63.7 Å². The van der Waals surface area contributed by atoms with E-state index in [1.54, 1.807) is 0 Å². The van der Waals surface area contributed by atoms with Crippen LogP contribution >= 0.6 is 0 Å². The van der Waals surface area contributed by atoms with Gasteiger partial charge in [-0.15, -0.1) is 0 Å². The Morgan fingerprint density at radius 2 is 2.00 bits per heavy atom. The Morgan fingerprint density at radius 1 is 1.22 bits per heavy atom. The van der Waals surface area contributed by atoms with Gasteiger partial charge in [-0.3, -0.25) is 4.79 Å². The number of benzene rings is 1. The molecule has 0 aromatic heterocycles. The van der Waals surface area contributed by atoms with E-state index in [9.17, 15) is 4.79 Å². The maximum absolute atomic E-state index is 12.9. The van der Waals surface area contributed by atoms with Gasteiger partial charge in [0.25, 0.3) is 5.91 Å². The summed E-state index contributed by atoms with van der Waals surface area (Å²) in [5.41, 5.74) is 0.725. The monoisotopic (exact) mass is 316 g/mol. The van der Waals surface area contributed by atoms with E-state index < -0.39 is 0 Å². The molecule has 1 unspecified atom stereocenters. The summed E-state index contributed by atoms with van der Waals surface area (Å²) in [6.45, 7) is 2.67. The van der Waals surface area contributed by atoms with Crippen molar-refractivity contribution in [2.24, 2.45) is 5.92 Å². The van der Waals surface area contributed by atoms with E-state index in [2.05, 4.69) is 5.32 Å². The molecule has 1 heterocycles. The van der Waals surface area contributed by atoms with Crippen molar-refractivity contribution in [3.05, 3.63) is 29.8 Å². The number of carbonyl (C=O) groups is 1. The van der Waals surface area contributed by atoms with Gasteiger partial charge in [-0.2, -0.15) is 0 Å². The highest BCUT2D eigenvalue weighted by molar-refractivity contribution is 5.97. The largest absolute Gasteiger partial charge is 0.490 e. The van der Waals surface area contributed by atoms with Crippen LogP contribution in [-0.4, -0.2) is 43.6 Å². The molecule has 2 aliphatic rings. The van der Waals surface area contributed by atoms with Crippen LogP contribution in [0.1, 0.15) is 48.9 Å². The number of carbonyl (C=O) groups excluding carboxylic acids is 1. The zero-order valence-electron chi connectivity index (χ0n) is 14.1. The van der Waals surface area contributed by atoms with Crippen molar-refractivity contribution in [1.29, 1.82) is 0 Å². The lowest BCUT2D eigenvalue weighted by Crippen LogP contribution is -2.31. The molecule has 2 fully saturated rings. The Labute approximate surface area is 139 Å². The highest BCUT2D eigenvalue weighted by Crippen LogP contribution is 2.28. The first-order valence-electron chi connectivity index (χ1n) is 8.97. The van der Waals surface area contributed by atoms with Gasteiger partial charge in [0.2, 0.25) is 0 Å². The summed E-state index contributed by atoms with van der Waals surface area (Å²) < 4.78 is 6.18. The number of likely N-dealkylation sites (tertiary alicyclic amines) is 1. The Hall–Kier alpha value is -1.55. The Bertz CT molecular complexity index is 526. The number of hydrogen-bond donors (Lipinski definition) is 1. The summed E-state index contributed by atoms with van der Waals surface area (Å²) in [6, 6.07) is 7.75. The number of nitrogens with zero attached hydrogens (tertiary/aromatic N) is 1. The third-order valence-electron chi connectivity index (χ3n) is 5.03. The molecule has 1 amide bonds. The van der Waals surface area contributed by atoms with E-state index in [0.29, 0.717) is 5.92 Å². The molecule has 1 N–H and O–H groups in total. The molecule has 3 rings (SSSR count). The lowest BCUT2D eigenvalue weighted by atomic mass is 9.97. The molecule has 0 bridgehead atoms. The SMILES string of the molecule is CNCC1CCN(C(=O)c2ccccc2OC2CCCCC2)C1. The molecule has 4 nitrogen and oxygen atoms in total. The topological polar surface area (TPSA) is 41.6 Å². The molecule has 1 atom stereocenters. The summed E-state index contributed by atoms with van der Waals surface area (Å²) in [5, 5.41) is 3.21. The predicted molar refractivity (Wildman–Crippen MR) is 91.9 cm³/mol. The van der Waals surface area contributed by atoms with Gasteiger partial charge in [0.05, 0.1) is 11.7 Å². The molecule has 4 heteroatoms. The molecule has 1 aliphatic heterocycles. The molecule has 1 saturated carbocycles. The number of hydrogen-bond acceptors (Lipinski definition) is 3. The molecule has 23 heavy (non-hydrogen) atoms. The van der Waals surface area contributed by atoms with Crippen LogP contribution in [0.2, 0.25) is 0 Å². The molecule has 0 radical (unpaired) electrons. The van der Waals surface area contributed by atoms with Gasteiger partial charge in [0.15, 0.2) is 0 Å². The molecule has 1 saturated heterocycles. The average molecular weight is 316 g/mol. The van der Waals surface area contributed by atoms with Crippen LogP contribution in [-0.2, 0) is 0 Å². The smallest absolute Gasteiger partial charge is 0.257 e. The van der Waals surface area contributed by atoms with Crippen LogP contribution in [0.5, 0.6) is 5.75 Å². The number of para-hydroxylation sites is 1. The second-order valence-electron chi connectivity index (χ2n) is 6.84. The lowest BCUT2D eigenvalue weighted by molar-refractivity contribution is 0.0776. The van der Waals surface area contributed by atoms with Gasteiger partial charge in [0, 0.05) is 13.1 Å². The lowest BCUT2D eigenvalue weighted by Gasteiger charge is -2.25. The van der Waals surface area contributed by atoms with Crippen molar-refractivity contribution in [3.63, 3.8) is 0 Å². The predicted octanol–water partition coefficient (Wildman–Crippen LogP) is 3.08. The third-order valence-corrected chi connectivity index (χ3v) is 5.03. The van der Waals surface area contributed by atoms with E-state index in [-0.39, 0.29) is 12.0 Å². The van der Waals surface area contributed by atoms with Gasteiger partial charge in [0.1, 0.15) is 5.75 Å². The summed E-state index contributed by atoms with van der Waals surface area (Å²) in [7, 11) is 1.97. The van der Waals surface area contributed by atoms with Crippen molar-refractivity contribution in [1.82, 2.24) is 10.2 Å². The van der Waals surface area contributed by atoms with Crippen molar-refractivity contribution < 1.29 is 9.53 Å². The highest BCUT2D eigenvalue weighted by Gasteiger charge is 2.28. The van der Waals surface area contributed by atoms with Crippen LogP contribution < -0.4 is 10.1 Å². The van der Waals surface area contributed by atoms with E-state index in [0.717, 1.165) is 50.2 Å². The normalized spacial score (nSPS) is 22.3. The van der Waals surface area contributed by atoms with E-state index in [1.165, 1.54) is 19.3 Å². The number of amides is 1. The van der Waals surface area contributed by atoms with Crippen LogP contribution in [0, 0.1) is 5.92 Å². The quantitative estimate of drug-likeness (QED) is 0.907. The van der Waals surface area contributed by atoms with Crippen molar-refractivity contribution in [3.8, 4) is 5.75 Å². The number of nitrogens with one attached hydrogen (secondary N) is 1. The second-order valence-corrected chi connectivity index (χ2v) is 6.84. The first kappa shape index (κ1) is 16.3. The van der Waals surface area contributed by atoms with Crippen LogP contribution in [0.25, 0.3) is 0 Å². The van der Waals surface area contributed by atoms with Crippen LogP contribution in [0.3, 0.4) is 0 Å². The van der Waals surface area contributed by atoms with Gasteiger partial charge in [-0.25, -0.2) is 0 Å². The summed E-state index contributed by atoms with van der Waals surface area (Å²) in [4.78, 5) is 14.9. The third kappa shape index (κ3) is 4.05.